The minimum Gasteiger partial charge on any atom is -0.395 e. The maximum absolute atomic E-state index is 12.5. The first-order chi connectivity index (χ1) is 10.2. The fraction of sp³-hybridized carbons (Fsp3) is 0.385. The summed E-state index contributed by atoms with van der Waals surface area (Å²) in [4.78, 5) is 21.1. The summed E-state index contributed by atoms with van der Waals surface area (Å²) in [5, 5.41) is 11.1. The molecule has 0 radical (unpaired) electrons. The van der Waals surface area contributed by atoms with Gasteiger partial charge in [-0.1, -0.05) is 0 Å². The van der Waals surface area contributed by atoms with Crippen molar-refractivity contribution in [1.29, 1.82) is 0 Å². The normalized spacial score (nSPS) is 11.5. The van der Waals surface area contributed by atoms with E-state index in [2.05, 4.69) is 4.98 Å². The van der Waals surface area contributed by atoms with Gasteiger partial charge in [0.15, 0.2) is 4.96 Å². The van der Waals surface area contributed by atoms with E-state index in [4.69, 9.17) is 9.84 Å². The molecule has 0 spiro atoms. The van der Waals surface area contributed by atoms with Crippen molar-refractivity contribution < 1.29 is 14.6 Å². The molecule has 3 heterocycles. The molecule has 3 aromatic heterocycles. The van der Waals surface area contributed by atoms with E-state index in [1.54, 1.807) is 23.3 Å². The van der Waals surface area contributed by atoms with Crippen LogP contribution in [0.15, 0.2) is 17.6 Å². The van der Waals surface area contributed by atoms with Crippen LogP contribution in [0.4, 0.5) is 0 Å². The molecule has 0 unspecified atom stereocenters. The molecule has 0 saturated heterocycles. The van der Waals surface area contributed by atoms with Crippen LogP contribution in [0.3, 0.4) is 0 Å². The second kappa shape index (κ2) is 6.10. The van der Waals surface area contributed by atoms with Crippen LogP contribution in [0.2, 0.25) is 0 Å². The van der Waals surface area contributed by atoms with Gasteiger partial charge in [-0.25, -0.2) is 4.98 Å². The SMILES string of the molecule is COCCN(CCO)C(=O)c1cc2c(nc3sccn32)s1. The molecule has 3 rings (SSSR count). The fourth-order valence-electron chi connectivity index (χ4n) is 2.15. The van der Waals surface area contributed by atoms with Crippen molar-refractivity contribution in [3.05, 3.63) is 22.5 Å². The van der Waals surface area contributed by atoms with Crippen LogP contribution in [-0.2, 0) is 4.74 Å². The van der Waals surface area contributed by atoms with Crippen LogP contribution < -0.4 is 0 Å². The molecular formula is C13H15N3O3S2. The van der Waals surface area contributed by atoms with Crippen LogP contribution in [-0.4, -0.2) is 58.7 Å². The number of hydrogen-bond acceptors (Lipinski definition) is 6. The van der Waals surface area contributed by atoms with E-state index in [9.17, 15) is 4.79 Å². The van der Waals surface area contributed by atoms with Crippen molar-refractivity contribution in [3.8, 4) is 0 Å². The van der Waals surface area contributed by atoms with Gasteiger partial charge < -0.3 is 14.7 Å². The molecular weight excluding hydrogens is 310 g/mol. The number of imidazole rings is 1. The lowest BCUT2D eigenvalue weighted by Crippen LogP contribution is -2.35. The fourth-order valence-corrected chi connectivity index (χ4v) is 3.91. The number of methoxy groups -OCH3 is 1. The van der Waals surface area contributed by atoms with Gasteiger partial charge in [-0.05, 0) is 6.07 Å². The Labute approximate surface area is 129 Å². The minimum absolute atomic E-state index is 0.0612. The highest BCUT2D eigenvalue weighted by Gasteiger charge is 2.20. The first-order valence-corrected chi connectivity index (χ1v) is 8.18. The average Bonchev–Trinajstić information content (AvgIpc) is 3.13. The molecule has 0 aromatic carbocycles. The molecule has 1 N–H and O–H groups in total. The van der Waals surface area contributed by atoms with Crippen molar-refractivity contribution in [2.24, 2.45) is 0 Å². The zero-order chi connectivity index (χ0) is 14.8. The lowest BCUT2D eigenvalue weighted by atomic mass is 10.3. The Morgan fingerprint density at radius 1 is 1.52 bits per heavy atom. The third-order valence-corrected chi connectivity index (χ3v) is 4.94. The Hall–Kier alpha value is -1.48. The van der Waals surface area contributed by atoms with E-state index in [0.29, 0.717) is 24.6 Å². The van der Waals surface area contributed by atoms with E-state index in [1.807, 2.05) is 22.0 Å². The molecule has 0 aliphatic carbocycles. The summed E-state index contributed by atoms with van der Waals surface area (Å²) in [5.41, 5.74) is 0.954. The molecule has 0 bridgehead atoms. The van der Waals surface area contributed by atoms with Crippen LogP contribution in [0.1, 0.15) is 9.67 Å². The number of nitrogens with zero attached hydrogens (tertiary/aromatic N) is 3. The van der Waals surface area contributed by atoms with E-state index in [1.165, 1.54) is 11.3 Å². The Morgan fingerprint density at radius 3 is 3.14 bits per heavy atom. The lowest BCUT2D eigenvalue weighted by Gasteiger charge is -2.20. The number of carbonyl (C=O) groups is 1. The number of thiophene rings is 1. The standard InChI is InChI=1S/C13H15N3O3S2/c1-19-6-3-15(2-5-17)12(18)10-8-9-11(21-10)14-13-16(9)4-7-20-13/h4,7-8,17H,2-3,5-6H2,1H3. The monoisotopic (exact) mass is 325 g/mol. The van der Waals surface area contributed by atoms with Crippen LogP contribution in [0.25, 0.3) is 15.3 Å². The van der Waals surface area contributed by atoms with Crippen LogP contribution >= 0.6 is 22.7 Å². The number of ether oxygens (including phenoxy) is 1. The highest BCUT2D eigenvalue weighted by atomic mass is 32.1. The molecule has 21 heavy (non-hydrogen) atoms. The average molecular weight is 325 g/mol. The van der Waals surface area contributed by atoms with E-state index < -0.39 is 0 Å². The number of aliphatic hydroxyl groups is 1. The van der Waals surface area contributed by atoms with Gasteiger partial charge in [0.1, 0.15) is 4.83 Å². The summed E-state index contributed by atoms with van der Waals surface area (Å²) in [5.74, 6) is -0.0897. The van der Waals surface area contributed by atoms with Crippen molar-refractivity contribution in [1.82, 2.24) is 14.3 Å². The van der Waals surface area contributed by atoms with Crippen molar-refractivity contribution in [2.45, 2.75) is 0 Å². The summed E-state index contributed by atoms with van der Waals surface area (Å²) in [6, 6.07) is 1.87. The first-order valence-electron chi connectivity index (χ1n) is 6.48. The second-order valence-electron chi connectivity index (χ2n) is 4.48. The number of aliphatic hydroxyl groups excluding tert-OH is 1. The van der Waals surface area contributed by atoms with Gasteiger partial charge in [0.25, 0.3) is 5.91 Å². The smallest absolute Gasteiger partial charge is 0.264 e. The number of amides is 1. The van der Waals surface area contributed by atoms with Gasteiger partial charge in [-0.3, -0.25) is 9.20 Å². The zero-order valence-electron chi connectivity index (χ0n) is 11.5. The maximum Gasteiger partial charge on any atom is 0.264 e. The number of carbonyl (C=O) groups excluding carboxylic acids is 1. The number of fused-ring (bicyclic) bond motifs is 3. The van der Waals surface area contributed by atoms with Gasteiger partial charge >= 0.3 is 0 Å². The lowest BCUT2D eigenvalue weighted by molar-refractivity contribution is 0.0661. The molecule has 112 valence electrons. The van der Waals surface area contributed by atoms with Gasteiger partial charge in [-0.2, -0.15) is 0 Å². The third-order valence-electron chi connectivity index (χ3n) is 3.17. The summed E-state index contributed by atoms with van der Waals surface area (Å²) < 4.78 is 6.99. The molecule has 1 amide bonds. The first kappa shape index (κ1) is 14.5. The molecule has 0 saturated carbocycles. The highest BCUT2D eigenvalue weighted by Crippen LogP contribution is 2.28. The molecule has 6 nitrogen and oxygen atoms in total. The van der Waals surface area contributed by atoms with E-state index in [0.717, 1.165) is 15.3 Å². The van der Waals surface area contributed by atoms with Gasteiger partial charge in [0.05, 0.1) is 23.6 Å². The van der Waals surface area contributed by atoms with Crippen molar-refractivity contribution in [3.63, 3.8) is 0 Å². The summed E-state index contributed by atoms with van der Waals surface area (Å²) in [6.07, 6.45) is 1.95. The van der Waals surface area contributed by atoms with Crippen molar-refractivity contribution >= 4 is 43.9 Å². The van der Waals surface area contributed by atoms with Gasteiger partial charge in [0.2, 0.25) is 0 Å². The van der Waals surface area contributed by atoms with E-state index >= 15 is 0 Å². The number of aromatic nitrogens is 2. The Bertz CT molecular complexity index is 761. The topological polar surface area (TPSA) is 67.1 Å². The number of rotatable bonds is 6. The minimum atomic E-state index is -0.0897. The second-order valence-corrected chi connectivity index (χ2v) is 6.38. The predicted molar refractivity (Wildman–Crippen MR) is 83.3 cm³/mol. The Balaban J connectivity index is 1.89. The molecule has 0 fully saturated rings. The Kier molecular flexibility index (Phi) is 4.20. The molecule has 3 aromatic rings. The zero-order valence-corrected chi connectivity index (χ0v) is 13.1. The van der Waals surface area contributed by atoms with Gasteiger partial charge in [0, 0.05) is 31.8 Å². The summed E-state index contributed by atoms with van der Waals surface area (Å²) in [7, 11) is 1.59. The van der Waals surface area contributed by atoms with Gasteiger partial charge in [-0.15, -0.1) is 22.7 Å². The quantitative estimate of drug-likeness (QED) is 0.749. The third kappa shape index (κ3) is 2.67. The van der Waals surface area contributed by atoms with Crippen molar-refractivity contribution in [2.75, 3.05) is 33.4 Å². The molecule has 0 aliphatic heterocycles. The predicted octanol–water partition coefficient (Wildman–Crippen LogP) is 1.69. The Morgan fingerprint density at radius 2 is 2.38 bits per heavy atom. The van der Waals surface area contributed by atoms with Crippen LogP contribution in [0.5, 0.6) is 0 Å². The summed E-state index contributed by atoms with van der Waals surface area (Å²) >= 11 is 2.96. The number of hydrogen-bond donors (Lipinski definition) is 1. The molecule has 0 atom stereocenters. The highest BCUT2D eigenvalue weighted by molar-refractivity contribution is 7.21. The largest absolute Gasteiger partial charge is 0.395 e. The molecule has 8 heteroatoms. The number of thiazole rings is 1. The maximum atomic E-state index is 12.5. The summed E-state index contributed by atoms with van der Waals surface area (Å²) in [6.45, 7) is 1.16. The van der Waals surface area contributed by atoms with E-state index in [-0.39, 0.29) is 12.5 Å². The van der Waals surface area contributed by atoms with Crippen LogP contribution in [0, 0.1) is 0 Å². The molecule has 0 aliphatic rings.